The van der Waals surface area contributed by atoms with Gasteiger partial charge in [-0.15, -0.1) is 0 Å². The molecule has 0 atom stereocenters. The number of rotatable bonds is 4. The summed E-state index contributed by atoms with van der Waals surface area (Å²) in [5.41, 5.74) is 0. The summed E-state index contributed by atoms with van der Waals surface area (Å²) in [7, 11) is 2.92. The summed E-state index contributed by atoms with van der Waals surface area (Å²) in [5.74, 6) is -0.598. The average molecular weight is 316 g/mol. The zero-order valence-corrected chi connectivity index (χ0v) is 11.9. The quantitative estimate of drug-likeness (QED) is 0.161. The maximum Gasteiger partial charge on any atom is 0.292 e. The van der Waals surface area contributed by atoms with Gasteiger partial charge in [-0.05, 0) is 13.8 Å². The first kappa shape index (κ1) is 24.6. The van der Waals surface area contributed by atoms with Crippen LogP contribution in [0.1, 0.15) is 13.8 Å². The summed E-state index contributed by atoms with van der Waals surface area (Å²) in [6.07, 6.45) is 0. The summed E-state index contributed by atoms with van der Waals surface area (Å²) in [6, 6.07) is 0. The molecule has 0 aliphatic heterocycles. The number of ether oxygens (including phenoxy) is 1. The van der Waals surface area contributed by atoms with E-state index in [0.717, 1.165) is 0 Å². The van der Waals surface area contributed by atoms with Crippen LogP contribution in [0.4, 0.5) is 0 Å². The molecular formula is C6H11O7SY-3. The molecule has 0 saturated heterocycles. The molecule has 0 saturated carbocycles. The zero-order chi connectivity index (χ0) is 10.9. The first-order valence-corrected chi connectivity index (χ1v) is 3.63. The maximum absolute atomic E-state index is 10.8. The Morgan fingerprint density at radius 3 is 2.13 bits per heavy atom. The summed E-state index contributed by atoms with van der Waals surface area (Å²) >= 11 is 0.562. The Labute approximate surface area is 117 Å². The van der Waals surface area contributed by atoms with Crippen molar-refractivity contribution in [2.75, 3.05) is 0 Å². The molecule has 2 N–H and O–H groups in total. The minimum atomic E-state index is -0.994. The topological polar surface area (TPSA) is 116 Å². The van der Waals surface area contributed by atoms with Crippen LogP contribution < -0.4 is 5.26 Å². The van der Waals surface area contributed by atoms with Gasteiger partial charge in [0.15, 0.2) is 0 Å². The molecule has 0 aliphatic carbocycles. The van der Waals surface area contributed by atoms with Crippen molar-refractivity contribution >= 4 is 24.8 Å². The number of carbonyl (C=O) groups is 1. The molecule has 0 bridgehead atoms. The van der Waals surface area contributed by atoms with Crippen LogP contribution in [0, 0.1) is 7.11 Å². The van der Waals surface area contributed by atoms with Crippen molar-refractivity contribution in [1.29, 1.82) is 0 Å². The summed E-state index contributed by atoms with van der Waals surface area (Å²) in [5, 5.41) is 12.4. The molecule has 0 aromatic heterocycles. The van der Waals surface area contributed by atoms with Crippen molar-refractivity contribution in [2.45, 2.75) is 18.6 Å². The van der Waals surface area contributed by atoms with Gasteiger partial charge in [0.2, 0.25) is 0 Å². The number of esters is 1. The second-order valence-corrected chi connectivity index (χ2v) is 3.48. The van der Waals surface area contributed by atoms with Gasteiger partial charge in [-0.25, -0.2) is 0 Å². The zero-order valence-electron chi connectivity index (χ0n) is 8.22. The molecule has 89 valence electrons. The van der Waals surface area contributed by atoms with Crippen LogP contribution >= 0.6 is 12.0 Å². The molecule has 1 radical (unpaired) electrons. The Balaban J connectivity index is -0.000000142. The second kappa shape index (κ2) is 14.4. The van der Waals surface area contributed by atoms with Gasteiger partial charge in [0.25, 0.3) is 5.97 Å². The minimum absolute atomic E-state index is 0. The largest absolute Gasteiger partial charge is 0.691 e. The van der Waals surface area contributed by atoms with E-state index in [1.54, 1.807) is 0 Å². The van der Waals surface area contributed by atoms with E-state index in [2.05, 4.69) is 28.0 Å². The minimum Gasteiger partial charge on any atom is -0.691 e. The van der Waals surface area contributed by atoms with E-state index in [9.17, 15) is 10.1 Å². The Morgan fingerprint density at radius 2 is 1.87 bits per heavy atom. The standard InChI is InChI=1S/C5H9O5S.CHO.H2O.Y/c1-5(2,4(6)8-3)11-10-9-7;1-2;;/h7H,3H2,1-2H3;1H;1H2;/q2*-1;;/p-1. The smallest absolute Gasteiger partial charge is 0.292 e. The Bertz CT molecular complexity index is 154. The van der Waals surface area contributed by atoms with E-state index >= 15 is 0 Å². The molecule has 0 aromatic rings. The molecule has 9 heteroatoms. The average Bonchev–Trinajstić information content (AvgIpc) is 2.16. The van der Waals surface area contributed by atoms with Crippen LogP contribution in [-0.2, 0) is 56.4 Å². The molecule has 15 heavy (non-hydrogen) atoms. The van der Waals surface area contributed by atoms with Gasteiger partial charge < -0.3 is 20.3 Å². The summed E-state index contributed by atoms with van der Waals surface area (Å²) in [6.45, 7) is 6.26. The molecule has 0 amide bonds. The fourth-order valence-electron chi connectivity index (χ4n) is 0.307. The molecular weight excluding hydrogens is 305 g/mol. The predicted molar refractivity (Wildman–Crippen MR) is 45.7 cm³/mol. The van der Waals surface area contributed by atoms with Crippen molar-refractivity contribution < 1.29 is 67.1 Å². The molecule has 0 fully saturated rings. The monoisotopic (exact) mass is 316 g/mol. The van der Waals surface area contributed by atoms with Crippen LogP contribution in [-0.4, -0.2) is 23.0 Å². The third-order valence-corrected chi connectivity index (χ3v) is 1.60. The molecule has 7 nitrogen and oxygen atoms in total. The number of hydrogen-bond acceptors (Lipinski definition) is 7. The predicted octanol–water partition coefficient (Wildman–Crippen LogP) is -1.13. The van der Waals surface area contributed by atoms with E-state index in [4.69, 9.17) is 4.79 Å². The van der Waals surface area contributed by atoms with Crippen molar-refractivity contribution in [3.05, 3.63) is 7.11 Å². The molecule has 0 rings (SSSR count). The number of carbonyl (C=O) groups excluding carboxylic acids is 2. The first-order valence-electron chi connectivity index (χ1n) is 2.89. The Morgan fingerprint density at radius 1 is 1.47 bits per heavy atom. The van der Waals surface area contributed by atoms with Gasteiger partial charge in [-0.3, -0.25) is 16.6 Å². The van der Waals surface area contributed by atoms with Gasteiger partial charge >= 0.3 is 0 Å². The van der Waals surface area contributed by atoms with E-state index < -0.39 is 10.7 Å². The SMILES string of the molecule is O.[CH-]=O.[CH2-]OC(=O)C(C)(C)SOO[O-].[Y]. The van der Waals surface area contributed by atoms with Crippen LogP contribution in [0.5, 0.6) is 0 Å². The van der Waals surface area contributed by atoms with E-state index in [1.165, 1.54) is 13.8 Å². The summed E-state index contributed by atoms with van der Waals surface area (Å²) < 4.78 is 7.12. The van der Waals surface area contributed by atoms with Gasteiger partial charge in [-0.2, -0.15) is 11.4 Å². The molecule has 0 aliphatic rings. The Hall–Kier alpha value is 0.434. The first-order chi connectivity index (χ1) is 6.04. The van der Waals surface area contributed by atoms with Crippen LogP contribution in [0.15, 0.2) is 0 Å². The van der Waals surface area contributed by atoms with Crippen LogP contribution in [0.25, 0.3) is 0 Å². The van der Waals surface area contributed by atoms with Crippen molar-refractivity contribution in [3.63, 3.8) is 0 Å². The van der Waals surface area contributed by atoms with E-state index in [0.29, 0.717) is 12.0 Å². The Kier molecular flexibility index (Phi) is 23.7. The van der Waals surface area contributed by atoms with Gasteiger partial charge in [0, 0.05) is 44.8 Å². The van der Waals surface area contributed by atoms with Crippen molar-refractivity contribution in [2.24, 2.45) is 0 Å². The van der Waals surface area contributed by atoms with Crippen molar-refractivity contribution in [3.8, 4) is 0 Å². The van der Waals surface area contributed by atoms with Crippen molar-refractivity contribution in [1.82, 2.24) is 0 Å². The molecule has 0 heterocycles. The van der Waals surface area contributed by atoms with Gasteiger partial charge in [0.1, 0.15) is 4.75 Å². The second-order valence-electron chi connectivity index (χ2n) is 2.16. The maximum atomic E-state index is 10.8. The van der Waals surface area contributed by atoms with E-state index in [1.807, 2.05) is 0 Å². The normalized spacial score (nSPS) is 8.53. The summed E-state index contributed by atoms with van der Waals surface area (Å²) in [4.78, 5) is 18.5. The van der Waals surface area contributed by atoms with E-state index in [-0.39, 0.29) is 38.2 Å². The molecule has 0 unspecified atom stereocenters. The fraction of sp³-hybridized carbons (Fsp3) is 0.500. The van der Waals surface area contributed by atoms with Crippen LogP contribution in [0.3, 0.4) is 0 Å². The van der Waals surface area contributed by atoms with Gasteiger partial charge in [0.05, 0.1) is 0 Å². The molecule has 0 spiro atoms. The van der Waals surface area contributed by atoms with Gasteiger partial charge in [-0.1, -0.05) is 0 Å². The number of hydrogen-bond donors (Lipinski definition) is 0. The third-order valence-electron chi connectivity index (χ3n) is 0.893. The third kappa shape index (κ3) is 12.4. The molecule has 0 aromatic carbocycles. The fourth-order valence-corrected chi connectivity index (χ4v) is 0.632. The van der Waals surface area contributed by atoms with Crippen LogP contribution in [0.2, 0.25) is 0 Å².